The zero-order valence-electron chi connectivity index (χ0n) is 14.5. The second-order valence-corrected chi connectivity index (χ2v) is 5.68. The van der Waals surface area contributed by atoms with E-state index in [1.807, 2.05) is 12.1 Å². The number of esters is 2. The van der Waals surface area contributed by atoms with Gasteiger partial charge in [0.05, 0.1) is 25.4 Å². The third-order valence-electron chi connectivity index (χ3n) is 3.77. The van der Waals surface area contributed by atoms with Crippen molar-refractivity contribution >= 4 is 11.9 Å². The predicted octanol–water partition coefficient (Wildman–Crippen LogP) is 3.10. The summed E-state index contributed by atoms with van der Waals surface area (Å²) in [5, 5.41) is 0. The van der Waals surface area contributed by atoms with Crippen LogP contribution in [-0.4, -0.2) is 31.8 Å². The molecule has 0 bridgehead atoms. The number of aryl methyl sites for hydroxylation is 1. The topological polar surface area (TPSA) is 71.1 Å². The summed E-state index contributed by atoms with van der Waals surface area (Å²) in [7, 11) is 0. The number of benzene rings is 1. The van der Waals surface area contributed by atoms with E-state index in [0.717, 1.165) is 42.9 Å². The molecule has 6 nitrogen and oxygen atoms in total. The van der Waals surface area contributed by atoms with Gasteiger partial charge in [0.2, 0.25) is 0 Å². The molecule has 0 unspecified atom stereocenters. The molecule has 1 aromatic rings. The van der Waals surface area contributed by atoms with Crippen LogP contribution in [0.2, 0.25) is 0 Å². The fraction of sp³-hybridized carbons (Fsp3) is 0.474. The second-order valence-electron chi connectivity index (χ2n) is 5.68. The van der Waals surface area contributed by atoms with Crippen molar-refractivity contribution in [2.45, 2.75) is 38.9 Å². The first-order valence-electron chi connectivity index (χ1n) is 8.44. The van der Waals surface area contributed by atoms with Crippen LogP contribution in [0.5, 0.6) is 5.75 Å². The van der Waals surface area contributed by atoms with E-state index in [1.54, 1.807) is 6.07 Å². The molecule has 0 atom stereocenters. The Morgan fingerprint density at radius 2 is 2.00 bits per heavy atom. The van der Waals surface area contributed by atoms with Crippen LogP contribution in [0.3, 0.4) is 0 Å². The van der Waals surface area contributed by atoms with E-state index in [2.05, 4.69) is 6.58 Å². The molecule has 136 valence electrons. The Hall–Kier alpha value is -2.18. The van der Waals surface area contributed by atoms with Gasteiger partial charge in [0, 0.05) is 13.0 Å². The van der Waals surface area contributed by atoms with E-state index < -0.39 is 12.3 Å². The van der Waals surface area contributed by atoms with E-state index in [0.29, 0.717) is 25.6 Å². The molecule has 25 heavy (non-hydrogen) atoms. The summed E-state index contributed by atoms with van der Waals surface area (Å²) in [5.41, 5.74) is 1.82. The van der Waals surface area contributed by atoms with Crippen LogP contribution >= 0.6 is 0 Å². The first-order chi connectivity index (χ1) is 12.1. The Bertz CT molecular complexity index is 604. The van der Waals surface area contributed by atoms with Crippen molar-refractivity contribution in [3.8, 4) is 5.75 Å². The SMILES string of the molecule is C=CC(=O)OCCCCCc1cccc(OC(C)=O)c1C1OCCO1. The van der Waals surface area contributed by atoms with E-state index in [1.165, 1.54) is 6.92 Å². The van der Waals surface area contributed by atoms with Crippen LogP contribution in [0, 0.1) is 0 Å². The van der Waals surface area contributed by atoms with Crippen molar-refractivity contribution < 1.29 is 28.5 Å². The standard InChI is InChI=1S/C19H24O6/c1-3-17(21)22-11-6-4-5-8-15-9-7-10-16(25-14(2)20)18(15)19-23-12-13-24-19/h3,7,9-10,19H,1,4-6,8,11-13H2,2H3. The summed E-state index contributed by atoms with van der Waals surface area (Å²) >= 11 is 0. The van der Waals surface area contributed by atoms with Gasteiger partial charge in [-0.2, -0.15) is 0 Å². The number of hydrogen-bond acceptors (Lipinski definition) is 6. The van der Waals surface area contributed by atoms with Crippen LogP contribution in [0.4, 0.5) is 0 Å². The van der Waals surface area contributed by atoms with E-state index >= 15 is 0 Å². The summed E-state index contributed by atoms with van der Waals surface area (Å²) in [4.78, 5) is 22.3. The normalized spacial score (nSPS) is 14.3. The van der Waals surface area contributed by atoms with Crippen molar-refractivity contribution in [2.24, 2.45) is 0 Å². The molecule has 0 amide bonds. The molecule has 0 N–H and O–H groups in total. The number of unbranched alkanes of at least 4 members (excludes halogenated alkanes) is 2. The summed E-state index contributed by atoms with van der Waals surface area (Å²) in [5.74, 6) is -0.288. The zero-order chi connectivity index (χ0) is 18.1. The fourth-order valence-electron chi connectivity index (χ4n) is 2.67. The van der Waals surface area contributed by atoms with Crippen molar-refractivity contribution in [2.75, 3.05) is 19.8 Å². The minimum atomic E-state index is -0.501. The molecular weight excluding hydrogens is 324 g/mol. The molecule has 0 aromatic heterocycles. The lowest BCUT2D eigenvalue weighted by Gasteiger charge is -2.18. The average Bonchev–Trinajstić information content (AvgIpc) is 3.11. The highest BCUT2D eigenvalue weighted by atomic mass is 16.7. The Labute approximate surface area is 147 Å². The lowest BCUT2D eigenvalue weighted by atomic mass is 10.00. The zero-order valence-corrected chi connectivity index (χ0v) is 14.5. The van der Waals surface area contributed by atoms with Gasteiger partial charge in [-0.3, -0.25) is 4.79 Å². The third-order valence-corrected chi connectivity index (χ3v) is 3.77. The maximum Gasteiger partial charge on any atom is 0.330 e. The third kappa shape index (κ3) is 5.99. The molecule has 0 spiro atoms. The molecule has 0 radical (unpaired) electrons. The second kappa shape index (κ2) is 9.96. The molecule has 0 saturated carbocycles. The van der Waals surface area contributed by atoms with Crippen LogP contribution < -0.4 is 4.74 Å². The highest BCUT2D eigenvalue weighted by molar-refractivity contribution is 5.81. The minimum Gasteiger partial charge on any atom is -0.463 e. The largest absolute Gasteiger partial charge is 0.463 e. The monoisotopic (exact) mass is 348 g/mol. The van der Waals surface area contributed by atoms with Gasteiger partial charge in [-0.1, -0.05) is 18.7 Å². The number of ether oxygens (including phenoxy) is 4. The maximum atomic E-state index is 11.4. The van der Waals surface area contributed by atoms with Gasteiger partial charge in [-0.05, 0) is 37.3 Å². The summed E-state index contributed by atoms with van der Waals surface area (Å²) in [6.07, 6.45) is 4.06. The minimum absolute atomic E-state index is 0.375. The molecule has 6 heteroatoms. The molecule has 1 fully saturated rings. The lowest BCUT2D eigenvalue weighted by Crippen LogP contribution is -2.10. The average molecular weight is 348 g/mol. The first-order valence-corrected chi connectivity index (χ1v) is 8.44. The highest BCUT2D eigenvalue weighted by Crippen LogP contribution is 2.35. The molecule has 1 aliphatic rings. The van der Waals surface area contributed by atoms with Crippen molar-refractivity contribution in [1.29, 1.82) is 0 Å². The number of hydrogen-bond donors (Lipinski definition) is 0. The molecule has 0 aliphatic carbocycles. The molecular formula is C19H24O6. The molecule has 1 heterocycles. The first kappa shape index (κ1) is 19.1. The maximum absolute atomic E-state index is 11.4. The lowest BCUT2D eigenvalue weighted by molar-refractivity contribution is -0.138. The van der Waals surface area contributed by atoms with Crippen LogP contribution in [0.1, 0.15) is 43.6 Å². The van der Waals surface area contributed by atoms with Gasteiger partial charge < -0.3 is 18.9 Å². The Balaban J connectivity index is 1.95. The highest BCUT2D eigenvalue weighted by Gasteiger charge is 2.25. The molecule has 1 aromatic carbocycles. The van der Waals surface area contributed by atoms with Gasteiger partial charge in [-0.25, -0.2) is 4.79 Å². The number of carbonyl (C=O) groups is 2. The Morgan fingerprint density at radius 3 is 2.68 bits per heavy atom. The van der Waals surface area contributed by atoms with Gasteiger partial charge in [0.25, 0.3) is 0 Å². The predicted molar refractivity (Wildman–Crippen MR) is 91.1 cm³/mol. The Kier molecular flexibility index (Phi) is 7.63. The molecule has 2 rings (SSSR count). The number of carbonyl (C=O) groups excluding carboxylic acids is 2. The number of rotatable bonds is 9. The summed E-state index contributed by atoms with van der Waals surface area (Å²) < 4.78 is 21.5. The Morgan fingerprint density at radius 1 is 1.24 bits per heavy atom. The smallest absolute Gasteiger partial charge is 0.330 e. The van der Waals surface area contributed by atoms with Gasteiger partial charge in [0.15, 0.2) is 6.29 Å². The van der Waals surface area contributed by atoms with Crippen LogP contribution in [-0.2, 0) is 30.2 Å². The van der Waals surface area contributed by atoms with E-state index in [-0.39, 0.29) is 5.97 Å². The molecule has 1 saturated heterocycles. The summed E-state index contributed by atoms with van der Waals surface area (Å²) in [6.45, 7) is 6.16. The van der Waals surface area contributed by atoms with Crippen LogP contribution in [0.15, 0.2) is 30.9 Å². The van der Waals surface area contributed by atoms with Gasteiger partial charge >= 0.3 is 11.9 Å². The summed E-state index contributed by atoms with van der Waals surface area (Å²) in [6, 6.07) is 5.60. The van der Waals surface area contributed by atoms with Gasteiger partial charge in [-0.15, -0.1) is 0 Å². The van der Waals surface area contributed by atoms with Crippen molar-refractivity contribution in [3.05, 3.63) is 42.0 Å². The van der Waals surface area contributed by atoms with Gasteiger partial charge in [0.1, 0.15) is 5.75 Å². The fourth-order valence-corrected chi connectivity index (χ4v) is 2.67. The van der Waals surface area contributed by atoms with E-state index in [4.69, 9.17) is 18.9 Å². The van der Waals surface area contributed by atoms with Crippen molar-refractivity contribution in [3.63, 3.8) is 0 Å². The quantitative estimate of drug-likeness (QED) is 0.296. The van der Waals surface area contributed by atoms with Crippen molar-refractivity contribution in [1.82, 2.24) is 0 Å². The molecule has 1 aliphatic heterocycles. The van der Waals surface area contributed by atoms with Crippen LogP contribution in [0.25, 0.3) is 0 Å². The van der Waals surface area contributed by atoms with E-state index in [9.17, 15) is 9.59 Å².